The van der Waals surface area contributed by atoms with Crippen molar-refractivity contribution in [1.82, 2.24) is 0 Å². The standard InChI is InChI=1S/C14H28O10/c1-8(22-17-4)11(23-18-5)13(24-19-6)12-10(16)9(7-15)20-14(2,3)21-12/h8-13,15-16H,7H2,1-6H3/t8?,9-,10+,11-,12-,13+/m0/s1. The highest BCUT2D eigenvalue weighted by Gasteiger charge is 2.50. The highest BCUT2D eigenvalue weighted by Crippen LogP contribution is 2.32. The van der Waals surface area contributed by atoms with Gasteiger partial charge in [-0.25, -0.2) is 29.3 Å². The van der Waals surface area contributed by atoms with Crippen molar-refractivity contribution in [2.45, 2.75) is 63.2 Å². The Bertz CT molecular complexity index is 352. The van der Waals surface area contributed by atoms with Gasteiger partial charge in [0.15, 0.2) is 18.0 Å². The first-order chi connectivity index (χ1) is 11.3. The summed E-state index contributed by atoms with van der Waals surface area (Å²) >= 11 is 0. The van der Waals surface area contributed by atoms with Crippen LogP contribution in [0.25, 0.3) is 0 Å². The van der Waals surface area contributed by atoms with E-state index in [1.54, 1.807) is 20.8 Å². The lowest BCUT2D eigenvalue weighted by Crippen LogP contribution is -2.63. The zero-order valence-electron chi connectivity index (χ0n) is 14.8. The van der Waals surface area contributed by atoms with Gasteiger partial charge in [-0.15, -0.1) is 0 Å². The smallest absolute Gasteiger partial charge is 0.164 e. The van der Waals surface area contributed by atoms with Crippen molar-refractivity contribution >= 4 is 0 Å². The molecule has 0 amide bonds. The first-order valence-electron chi connectivity index (χ1n) is 7.54. The molecule has 1 heterocycles. The molecule has 1 rings (SSSR count). The van der Waals surface area contributed by atoms with E-state index in [0.29, 0.717) is 0 Å². The van der Waals surface area contributed by atoms with Gasteiger partial charge in [0.25, 0.3) is 0 Å². The molecule has 1 saturated heterocycles. The summed E-state index contributed by atoms with van der Waals surface area (Å²) in [5.74, 6) is -1.07. The minimum absolute atomic E-state index is 0.399. The van der Waals surface area contributed by atoms with Gasteiger partial charge >= 0.3 is 0 Å². The molecule has 0 radical (unpaired) electrons. The molecule has 1 fully saturated rings. The van der Waals surface area contributed by atoms with Crippen LogP contribution < -0.4 is 0 Å². The maximum Gasteiger partial charge on any atom is 0.164 e. The number of aliphatic hydroxyl groups excluding tert-OH is 2. The Morgan fingerprint density at radius 1 is 1.00 bits per heavy atom. The Labute approximate surface area is 141 Å². The lowest BCUT2D eigenvalue weighted by molar-refractivity contribution is -0.440. The fourth-order valence-electron chi connectivity index (χ4n) is 2.60. The maximum absolute atomic E-state index is 10.5. The molecular formula is C14H28O10. The molecule has 0 aromatic rings. The molecule has 1 unspecified atom stereocenters. The third-order valence-electron chi connectivity index (χ3n) is 3.53. The van der Waals surface area contributed by atoms with Gasteiger partial charge in [0.05, 0.1) is 27.9 Å². The van der Waals surface area contributed by atoms with E-state index in [-0.39, 0.29) is 0 Å². The van der Waals surface area contributed by atoms with Crippen LogP contribution in [0.5, 0.6) is 0 Å². The van der Waals surface area contributed by atoms with Gasteiger partial charge in [-0.3, -0.25) is 0 Å². The molecule has 0 bridgehead atoms. The quantitative estimate of drug-likeness (QED) is 0.400. The molecule has 10 heteroatoms. The fourth-order valence-corrected chi connectivity index (χ4v) is 2.60. The molecule has 0 aromatic heterocycles. The number of hydrogen-bond donors (Lipinski definition) is 2. The van der Waals surface area contributed by atoms with Crippen molar-refractivity contribution in [2.24, 2.45) is 0 Å². The van der Waals surface area contributed by atoms with Crippen LogP contribution >= 0.6 is 0 Å². The molecule has 2 N–H and O–H groups in total. The Kier molecular flexibility index (Phi) is 8.95. The van der Waals surface area contributed by atoms with Crippen molar-refractivity contribution in [3.63, 3.8) is 0 Å². The first kappa shape index (κ1) is 21.6. The number of aliphatic hydroxyl groups is 2. The van der Waals surface area contributed by atoms with Crippen molar-refractivity contribution in [1.29, 1.82) is 0 Å². The molecular weight excluding hydrogens is 328 g/mol. The average molecular weight is 356 g/mol. The molecule has 0 aliphatic carbocycles. The normalized spacial score (nSPS) is 30.8. The van der Waals surface area contributed by atoms with E-state index >= 15 is 0 Å². The SMILES string of the molecule is COOC(C)[C@H](OOC)[C@@H](OOC)[C@H]1OC(C)(C)O[C@@H](CO)[C@H]1O. The van der Waals surface area contributed by atoms with Gasteiger partial charge in [-0.1, -0.05) is 0 Å². The van der Waals surface area contributed by atoms with Crippen molar-refractivity contribution < 1.29 is 49.0 Å². The van der Waals surface area contributed by atoms with Crippen LogP contribution in [0.1, 0.15) is 20.8 Å². The van der Waals surface area contributed by atoms with Gasteiger partial charge in [0, 0.05) is 0 Å². The third kappa shape index (κ3) is 5.56. The number of rotatable bonds is 10. The second-order valence-corrected chi connectivity index (χ2v) is 5.73. The van der Waals surface area contributed by atoms with Crippen molar-refractivity contribution in [2.75, 3.05) is 27.9 Å². The molecule has 0 saturated carbocycles. The molecule has 6 atom stereocenters. The van der Waals surface area contributed by atoms with Crippen LogP contribution in [-0.2, 0) is 38.8 Å². The van der Waals surface area contributed by atoms with Gasteiger partial charge < -0.3 is 19.7 Å². The Hall–Kier alpha value is -0.400. The van der Waals surface area contributed by atoms with E-state index in [9.17, 15) is 10.2 Å². The predicted octanol–water partition coefficient (Wildman–Crippen LogP) is -0.281. The fraction of sp³-hybridized carbons (Fsp3) is 1.00. The summed E-state index contributed by atoms with van der Waals surface area (Å²) in [7, 11) is 3.97. The van der Waals surface area contributed by atoms with Gasteiger partial charge in [0.2, 0.25) is 0 Å². The summed E-state index contributed by atoms with van der Waals surface area (Å²) in [5.41, 5.74) is 0. The van der Waals surface area contributed by atoms with Crippen LogP contribution in [0, 0.1) is 0 Å². The van der Waals surface area contributed by atoms with E-state index in [2.05, 4.69) is 4.89 Å². The first-order valence-corrected chi connectivity index (χ1v) is 7.54. The van der Waals surface area contributed by atoms with Gasteiger partial charge in [-0.2, -0.15) is 0 Å². The molecule has 24 heavy (non-hydrogen) atoms. The molecule has 10 nitrogen and oxygen atoms in total. The lowest BCUT2D eigenvalue weighted by Gasteiger charge is -2.46. The second kappa shape index (κ2) is 9.92. The average Bonchev–Trinajstić information content (AvgIpc) is 2.53. The Morgan fingerprint density at radius 2 is 1.58 bits per heavy atom. The van der Waals surface area contributed by atoms with Gasteiger partial charge in [-0.05, 0) is 20.8 Å². The zero-order chi connectivity index (χ0) is 18.3. The number of ether oxygens (including phenoxy) is 2. The summed E-state index contributed by atoms with van der Waals surface area (Å²) in [4.78, 5) is 29.7. The zero-order valence-corrected chi connectivity index (χ0v) is 14.8. The lowest BCUT2D eigenvalue weighted by atomic mass is 9.95. The molecule has 144 valence electrons. The van der Waals surface area contributed by atoms with E-state index in [4.69, 9.17) is 33.9 Å². The number of hydrogen-bond acceptors (Lipinski definition) is 10. The summed E-state index contributed by atoms with van der Waals surface area (Å²) < 4.78 is 11.3. The third-order valence-corrected chi connectivity index (χ3v) is 3.53. The van der Waals surface area contributed by atoms with Crippen molar-refractivity contribution in [3.8, 4) is 0 Å². The predicted molar refractivity (Wildman–Crippen MR) is 78.2 cm³/mol. The molecule has 0 spiro atoms. The summed E-state index contributed by atoms with van der Waals surface area (Å²) in [6.07, 6.45) is -5.57. The highest BCUT2D eigenvalue weighted by molar-refractivity contribution is 4.93. The van der Waals surface area contributed by atoms with Gasteiger partial charge in [0.1, 0.15) is 24.4 Å². The van der Waals surface area contributed by atoms with E-state index < -0.39 is 49.0 Å². The molecule has 1 aliphatic heterocycles. The second-order valence-electron chi connectivity index (χ2n) is 5.73. The Morgan fingerprint density at radius 3 is 2.08 bits per heavy atom. The van der Waals surface area contributed by atoms with E-state index in [1.807, 2.05) is 0 Å². The van der Waals surface area contributed by atoms with Crippen LogP contribution in [0.3, 0.4) is 0 Å². The highest BCUT2D eigenvalue weighted by atomic mass is 17.2. The van der Waals surface area contributed by atoms with E-state index in [0.717, 1.165) is 0 Å². The van der Waals surface area contributed by atoms with Crippen LogP contribution in [0.2, 0.25) is 0 Å². The minimum atomic E-state index is -1.21. The molecule has 0 aromatic carbocycles. The summed E-state index contributed by atoms with van der Waals surface area (Å²) in [5, 5.41) is 19.9. The van der Waals surface area contributed by atoms with Crippen LogP contribution in [0.4, 0.5) is 0 Å². The Balaban J connectivity index is 3.08. The topological polar surface area (TPSA) is 114 Å². The monoisotopic (exact) mass is 356 g/mol. The molecule has 1 aliphatic rings. The minimum Gasteiger partial charge on any atom is -0.394 e. The van der Waals surface area contributed by atoms with E-state index in [1.165, 1.54) is 21.3 Å². The summed E-state index contributed by atoms with van der Waals surface area (Å²) in [6.45, 7) is 4.56. The largest absolute Gasteiger partial charge is 0.394 e. The maximum atomic E-state index is 10.5. The van der Waals surface area contributed by atoms with Crippen LogP contribution in [-0.4, -0.2) is 80.6 Å². The van der Waals surface area contributed by atoms with Crippen molar-refractivity contribution in [3.05, 3.63) is 0 Å². The summed E-state index contributed by atoms with van der Waals surface area (Å²) in [6, 6.07) is 0. The van der Waals surface area contributed by atoms with Crippen LogP contribution in [0.15, 0.2) is 0 Å².